The highest BCUT2D eigenvalue weighted by Crippen LogP contribution is 2.16. The second-order valence-corrected chi connectivity index (χ2v) is 7.08. The molecule has 0 unspecified atom stereocenters. The van der Waals surface area contributed by atoms with E-state index in [0.717, 1.165) is 11.3 Å². The lowest BCUT2D eigenvalue weighted by Gasteiger charge is -2.07. The molecule has 0 atom stereocenters. The Bertz CT molecular complexity index is 1060. The lowest BCUT2D eigenvalue weighted by molar-refractivity contribution is -0.111. The van der Waals surface area contributed by atoms with E-state index >= 15 is 0 Å². The summed E-state index contributed by atoms with van der Waals surface area (Å²) >= 11 is 0. The summed E-state index contributed by atoms with van der Waals surface area (Å²) in [5.41, 5.74) is 3.66. The van der Waals surface area contributed by atoms with Crippen LogP contribution in [0.1, 0.15) is 36.6 Å². The number of anilines is 1. The lowest BCUT2D eigenvalue weighted by Crippen LogP contribution is -2.22. The zero-order valence-corrected chi connectivity index (χ0v) is 16.6. The predicted molar refractivity (Wildman–Crippen MR) is 114 cm³/mol. The van der Waals surface area contributed by atoms with Gasteiger partial charge in [0.25, 0.3) is 5.56 Å². The molecule has 144 valence electrons. The van der Waals surface area contributed by atoms with E-state index in [1.165, 1.54) is 11.6 Å². The van der Waals surface area contributed by atoms with Crippen LogP contribution >= 0.6 is 0 Å². The number of benzene rings is 2. The van der Waals surface area contributed by atoms with Crippen molar-refractivity contribution in [2.45, 2.75) is 26.7 Å². The number of nitrogens with zero attached hydrogens (tertiary/aromatic N) is 2. The molecule has 2 aromatic carbocycles. The molecule has 3 aromatic rings. The molecule has 3 rings (SSSR count). The van der Waals surface area contributed by atoms with Gasteiger partial charge in [0.1, 0.15) is 5.69 Å². The second-order valence-electron chi connectivity index (χ2n) is 7.08. The smallest absolute Gasteiger partial charge is 0.295 e. The fraction of sp³-hybridized carbons (Fsp3) is 0.217. The number of aromatic nitrogens is 2. The maximum absolute atomic E-state index is 12.8. The molecular weight excluding hydrogens is 350 g/mol. The summed E-state index contributed by atoms with van der Waals surface area (Å²) in [5, 5.41) is 2.73. The van der Waals surface area contributed by atoms with Gasteiger partial charge in [0.2, 0.25) is 5.91 Å². The zero-order chi connectivity index (χ0) is 20.3. The van der Waals surface area contributed by atoms with Crippen LogP contribution in [0.3, 0.4) is 0 Å². The molecule has 0 bridgehead atoms. The van der Waals surface area contributed by atoms with Crippen molar-refractivity contribution in [3.05, 3.63) is 87.8 Å². The van der Waals surface area contributed by atoms with Crippen molar-refractivity contribution in [1.29, 1.82) is 0 Å². The Morgan fingerprint density at radius 3 is 2.29 bits per heavy atom. The average Bonchev–Trinajstić information content (AvgIpc) is 2.90. The largest absolute Gasteiger partial charge is 0.316 e. The number of carbonyl (C=O) groups is 1. The number of amides is 1. The van der Waals surface area contributed by atoms with Crippen LogP contribution in [0.4, 0.5) is 5.69 Å². The third-order valence-corrected chi connectivity index (χ3v) is 4.83. The van der Waals surface area contributed by atoms with Crippen LogP contribution in [-0.4, -0.2) is 15.3 Å². The molecule has 5 nitrogen and oxygen atoms in total. The molecule has 0 fully saturated rings. The number of para-hydroxylation sites is 1. The van der Waals surface area contributed by atoms with Crippen LogP contribution in [0, 0.1) is 6.92 Å². The molecule has 0 aliphatic rings. The minimum absolute atomic E-state index is 0.255. The Labute approximate surface area is 164 Å². The highest BCUT2D eigenvalue weighted by Gasteiger charge is 2.17. The summed E-state index contributed by atoms with van der Waals surface area (Å²) in [5.74, 6) is 0.133. The monoisotopic (exact) mass is 375 g/mol. The zero-order valence-electron chi connectivity index (χ0n) is 16.6. The Morgan fingerprint density at radius 2 is 1.68 bits per heavy atom. The molecule has 5 heteroatoms. The minimum atomic E-state index is -0.334. The van der Waals surface area contributed by atoms with Crippen LogP contribution < -0.4 is 10.9 Å². The average molecular weight is 375 g/mol. The van der Waals surface area contributed by atoms with E-state index in [1.807, 2.05) is 49.4 Å². The fourth-order valence-electron chi connectivity index (χ4n) is 3.04. The molecular formula is C23H25N3O2. The molecule has 0 saturated heterocycles. The lowest BCUT2D eigenvalue weighted by atomic mass is 10.0. The summed E-state index contributed by atoms with van der Waals surface area (Å²) in [6, 6.07) is 17.4. The van der Waals surface area contributed by atoms with Crippen LogP contribution in [0.2, 0.25) is 0 Å². The predicted octanol–water partition coefficient (Wildman–Crippen LogP) is 4.26. The van der Waals surface area contributed by atoms with E-state index in [2.05, 4.69) is 31.3 Å². The van der Waals surface area contributed by atoms with Crippen molar-refractivity contribution in [2.24, 2.45) is 7.05 Å². The number of rotatable bonds is 5. The number of hydrogen-bond acceptors (Lipinski definition) is 2. The number of hydrogen-bond donors (Lipinski definition) is 1. The summed E-state index contributed by atoms with van der Waals surface area (Å²) in [7, 11) is 1.80. The van der Waals surface area contributed by atoms with Gasteiger partial charge in [-0.2, -0.15) is 0 Å². The third-order valence-electron chi connectivity index (χ3n) is 4.83. The van der Waals surface area contributed by atoms with Gasteiger partial charge in [-0.25, -0.2) is 4.68 Å². The Kier molecular flexibility index (Phi) is 5.64. The van der Waals surface area contributed by atoms with Crippen molar-refractivity contribution < 1.29 is 4.79 Å². The van der Waals surface area contributed by atoms with Crippen molar-refractivity contribution in [3.8, 4) is 5.69 Å². The molecule has 0 aliphatic heterocycles. The van der Waals surface area contributed by atoms with Crippen LogP contribution in [-0.2, 0) is 11.8 Å². The van der Waals surface area contributed by atoms with Gasteiger partial charge in [-0.3, -0.25) is 14.3 Å². The second kappa shape index (κ2) is 8.13. The SMILES string of the molecule is Cc1c(NC(=O)/C=C\c2ccc(C(C)C)cc2)c(=O)n(-c2ccccc2)n1C. The summed E-state index contributed by atoms with van der Waals surface area (Å²) in [6.07, 6.45) is 3.19. The van der Waals surface area contributed by atoms with Crippen molar-refractivity contribution in [1.82, 2.24) is 9.36 Å². The maximum atomic E-state index is 12.8. The summed E-state index contributed by atoms with van der Waals surface area (Å²) < 4.78 is 3.28. The van der Waals surface area contributed by atoms with Crippen molar-refractivity contribution in [2.75, 3.05) is 5.32 Å². The highest BCUT2D eigenvalue weighted by atomic mass is 16.2. The topological polar surface area (TPSA) is 56.0 Å². The van der Waals surface area contributed by atoms with Crippen LogP contribution in [0.5, 0.6) is 0 Å². The number of nitrogens with one attached hydrogen (secondary N) is 1. The Morgan fingerprint density at radius 1 is 1.04 bits per heavy atom. The van der Waals surface area contributed by atoms with Gasteiger partial charge < -0.3 is 5.32 Å². The Balaban J connectivity index is 1.80. The molecule has 1 N–H and O–H groups in total. The van der Waals surface area contributed by atoms with E-state index in [4.69, 9.17) is 0 Å². The Hall–Kier alpha value is -3.34. The van der Waals surface area contributed by atoms with Gasteiger partial charge in [0.05, 0.1) is 11.4 Å². The maximum Gasteiger partial charge on any atom is 0.295 e. The molecule has 1 amide bonds. The van der Waals surface area contributed by atoms with E-state index in [9.17, 15) is 9.59 Å². The molecule has 0 saturated carbocycles. The van der Waals surface area contributed by atoms with Crippen LogP contribution in [0.15, 0.2) is 65.5 Å². The third kappa shape index (κ3) is 3.98. The van der Waals surface area contributed by atoms with Gasteiger partial charge in [0.15, 0.2) is 0 Å². The first-order chi connectivity index (χ1) is 13.4. The minimum Gasteiger partial charge on any atom is -0.316 e. The summed E-state index contributed by atoms with van der Waals surface area (Å²) in [4.78, 5) is 25.2. The molecule has 0 spiro atoms. The van der Waals surface area contributed by atoms with E-state index < -0.39 is 0 Å². The van der Waals surface area contributed by atoms with Gasteiger partial charge in [-0.15, -0.1) is 0 Å². The molecule has 1 heterocycles. The first-order valence-electron chi connectivity index (χ1n) is 9.31. The standard InChI is InChI=1S/C23H25N3O2/c1-16(2)19-13-10-18(11-14-19)12-15-21(27)24-22-17(3)25(4)26(23(22)28)20-8-6-5-7-9-20/h5-16H,1-4H3,(H,24,27)/b15-12-. The molecule has 0 radical (unpaired) electrons. The van der Waals surface area contributed by atoms with Gasteiger partial charge in [-0.1, -0.05) is 56.3 Å². The normalized spacial score (nSPS) is 11.3. The van der Waals surface area contributed by atoms with Gasteiger partial charge >= 0.3 is 0 Å². The molecule has 28 heavy (non-hydrogen) atoms. The first-order valence-corrected chi connectivity index (χ1v) is 9.31. The quantitative estimate of drug-likeness (QED) is 0.678. The van der Waals surface area contributed by atoms with Crippen molar-refractivity contribution in [3.63, 3.8) is 0 Å². The molecule has 1 aromatic heterocycles. The highest BCUT2D eigenvalue weighted by molar-refractivity contribution is 6.02. The summed E-state index contributed by atoms with van der Waals surface area (Å²) in [6.45, 7) is 6.09. The van der Waals surface area contributed by atoms with E-state index in [-0.39, 0.29) is 17.2 Å². The van der Waals surface area contributed by atoms with E-state index in [1.54, 1.807) is 22.5 Å². The molecule has 0 aliphatic carbocycles. The van der Waals surface area contributed by atoms with Crippen LogP contribution in [0.25, 0.3) is 11.8 Å². The fourth-order valence-corrected chi connectivity index (χ4v) is 3.04. The van der Waals surface area contributed by atoms with Gasteiger partial charge in [-0.05, 0) is 42.2 Å². The van der Waals surface area contributed by atoms with E-state index in [0.29, 0.717) is 11.6 Å². The van der Waals surface area contributed by atoms with Gasteiger partial charge in [0, 0.05) is 13.1 Å². The first kappa shape index (κ1) is 19.4. The number of carbonyl (C=O) groups excluding carboxylic acids is 1. The van der Waals surface area contributed by atoms with Crippen molar-refractivity contribution >= 4 is 17.7 Å².